The van der Waals surface area contributed by atoms with Gasteiger partial charge in [0.05, 0.1) is 13.2 Å². The van der Waals surface area contributed by atoms with Gasteiger partial charge in [0.25, 0.3) is 0 Å². The van der Waals surface area contributed by atoms with Gasteiger partial charge in [-0.25, -0.2) is 0 Å². The van der Waals surface area contributed by atoms with Crippen molar-refractivity contribution in [2.24, 2.45) is 4.99 Å². The molecule has 0 bridgehead atoms. The maximum Gasteiger partial charge on any atom is 0.191 e. The van der Waals surface area contributed by atoms with Crippen LogP contribution in [-0.4, -0.2) is 77.1 Å². The molecule has 23 heavy (non-hydrogen) atoms. The number of aliphatic imine (C=N–C) groups is 1. The second kappa shape index (κ2) is 14.7. The number of unbranched alkanes of at least 4 members (excludes halogenated alkanes) is 1. The Labute approximate surface area is 142 Å². The Balaban J connectivity index is 2.07. The quantitative estimate of drug-likeness (QED) is 0.323. The van der Waals surface area contributed by atoms with Gasteiger partial charge in [-0.2, -0.15) is 0 Å². The van der Waals surface area contributed by atoms with Crippen molar-refractivity contribution >= 4 is 5.96 Å². The zero-order chi connectivity index (χ0) is 16.6. The lowest BCUT2D eigenvalue weighted by Crippen LogP contribution is -2.42. The van der Waals surface area contributed by atoms with Crippen molar-refractivity contribution in [1.82, 2.24) is 15.5 Å². The van der Waals surface area contributed by atoms with Gasteiger partial charge in [-0.05, 0) is 45.7 Å². The molecule has 2 N–H and O–H groups in total. The van der Waals surface area contributed by atoms with Crippen LogP contribution < -0.4 is 10.6 Å². The number of nitrogens with one attached hydrogen (secondary N) is 2. The van der Waals surface area contributed by atoms with Crippen molar-refractivity contribution in [1.29, 1.82) is 0 Å². The summed E-state index contributed by atoms with van der Waals surface area (Å²) in [7, 11) is 1.69. The molecule has 0 unspecified atom stereocenters. The van der Waals surface area contributed by atoms with Crippen molar-refractivity contribution in [2.75, 3.05) is 66.2 Å². The molecule has 1 saturated heterocycles. The normalized spacial score (nSPS) is 16.5. The molecule has 0 atom stereocenters. The topological polar surface area (TPSA) is 58.1 Å². The molecule has 1 heterocycles. The van der Waals surface area contributed by atoms with Crippen LogP contribution >= 0.6 is 0 Å². The van der Waals surface area contributed by atoms with E-state index >= 15 is 0 Å². The largest absolute Gasteiger partial charge is 0.382 e. The second-order valence-corrected chi connectivity index (χ2v) is 5.90. The third-order valence-corrected chi connectivity index (χ3v) is 3.91. The highest BCUT2D eigenvalue weighted by Crippen LogP contribution is 2.07. The van der Waals surface area contributed by atoms with E-state index in [1.807, 2.05) is 0 Å². The van der Waals surface area contributed by atoms with E-state index in [0.29, 0.717) is 13.2 Å². The fourth-order valence-corrected chi connectivity index (χ4v) is 2.61. The number of rotatable bonds is 12. The smallest absolute Gasteiger partial charge is 0.191 e. The predicted molar refractivity (Wildman–Crippen MR) is 96.2 cm³/mol. The molecule has 0 aliphatic carbocycles. The maximum absolute atomic E-state index is 5.45. The summed E-state index contributed by atoms with van der Waals surface area (Å²) in [6, 6.07) is 0. The molecule has 0 amide bonds. The molecule has 1 rings (SSSR count). The summed E-state index contributed by atoms with van der Waals surface area (Å²) in [4.78, 5) is 7.16. The Morgan fingerprint density at radius 2 is 1.87 bits per heavy atom. The first kappa shape index (κ1) is 20.2. The Kier molecular flexibility index (Phi) is 12.9. The summed E-state index contributed by atoms with van der Waals surface area (Å²) < 4.78 is 10.4. The van der Waals surface area contributed by atoms with Crippen LogP contribution in [0.2, 0.25) is 0 Å². The fraction of sp³-hybridized carbons (Fsp3) is 0.941. The number of hydrogen-bond acceptors (Lipinski definition) is 4. The average molecular weight is 329 g/mol. The summed E-state index contributed by atoms with van der Waals surface area (Å²) in [5, 5.41) is 6.75. The van der Waals surface area contributed by atoms with E-state index in [0.717, 1.165) is 51.6 Å². The minimum absolute atomic E-state index is 0.670. The first-order valence-corrected chi connectivity index (χ1v) is 9.18. The van der Waals surface area contributed by atoms with Crippen LogP contribution in [-0.2, 0) is 9.47 Å². The number of piperidine rings is 1. The minimum atomic E-state index is 0.670. The van der Waals surface area contributed by atoms with Crippen LogP contribution in [0.4, 0.5) is 0 Å². The molecule has 1 aliphatic rings. The Hall–Kier alpha value is -0.850. The standard InChI is InChI=1S/C17H36N4O2/c1-3-18-17(19-9-5-8-14-23-16-15-22-2)20-10-13-21-11-6-4-7-12-21/h3-16H2,1-2H3,(H2,18,19,20). The van der Waals surface area contributed by atoms with Gasteiger partial charge in [0.15, 0.2) is 5.96 Å². The molecular formula is C17H36N4O2. The van der Waals surface area contributed by atoms with Crippen LogP contribution in [0.1, 0.15) is 39.0 Å². The lowest BCUT2D eigenvalue weighted by Gasteiger charge is -2.26. The molecule has 0 aromatic heterocycles. The third kappa shape index (κ3) is 11.3. The first-order valence-electron chi connectivity index (χ1n) is 9.18. The van der Waals surface area contributed by atoms with E-state index in [1.165, 1.54) is 32.4 Å². The molecule has 1 fully saturated rings. The van der Waals surface area contributed by atoms with E-state index in [4.69, 9.17) is 9.47 Å². The van der Waals surface area contributed by atoms with Gasteiger partial charge in [0.1, 0.15) is 0 Å². The molecule has 0 saturated carbocycles. The number of ether oxygens (including phenoxy) is 2. The van der Waals surface area contributed by atoms with Crippen LogP contribution in [0.25, 0.3) is 0 Å². The van der Waals surface area contributed by atoms with Crippen LogP contribution in [0.5, 0.6) is 0 Å². The van der Waals surface area contributed by atoms with E-state index in [2.05, 4.69) is 27.4 Å². The van der Waals surface area contributed by atoms with Gasteiger partial charge >= 0.3 is 0 Å². The van der Waals surface area contributed by atoms with E-state index < -0.39 is 0 Å². The Morgan fingerprint density at radius 3 is 2.61 bits per heavy atom. The molecule has 0 spiro atoms. The number of methoxy groups -OCH3 is 1. The second-order valence-electron chi connectivity index (χ2n) is 5.90. The van der Waals surface area contributed by atoms with Crippen LogP contribution in [0.3, 0.4) is 0 Å². The van der Waals surface area contributed by atoms with Gasteiger partial charge in [0, 0.05) is 39.9 Å². The van der Waals surface area contributed by atoms with Crippen molar-refractivity contribution in [3.05, 3.63) is 0 Å². The SMILES string of the molecule is CCNC(=NCCCCOCCOC)NCCN1CCCCC1. The molecule has 1 aliphatic heterocycles. The molecule has 0 radical (unpaired) electrons. The molecule has 0 aromatic carbocycles. The summed E-state index contributed by atoms with van der Waals surface area (Å²) >= 11 is 0. The van der Waals surface area contributed by atoms with Crippen LogP contribution in [0.15, 0.2) is 4.99 Å². The molecular weight excluding hydrogens is 292 g/mol. The number of nitrogens with zero attached hydrogens (tertiary/aromatic N) is 2. The van der Waals surface area contributed by atoms with Gasteiger partial charge in [-0.15, -0.1) is 0 Å². The summed E-state index contributed by atoms with van der Waals surface area (Å²) in [6.45, 7) is 10.6. The number of likely N-dealkylation sites (tertiary alicyclic amines) is 1. The monoisotopic (exact) mass is 328 g/mol. The number of hydrogen-bond donors (Lipinski definition) is 2. The van der Waals surface area contributed by atoms with Crippen molar-refractivity contribution in [3.63, 3.8) is 0 Å². The zero-order valence-corrected chi connectivity index (χ0v) is 15.1. The summed E-state index contributed by atoms with van der Waals surface area (Å²) in [5.41, 5.74) is 0. The molecule has 0 aromatic rings. The van der Waals surface area contributed by atoms with Gasteiger partial charge in [-0.1, -0.05) is 6.42 Å². The van der Waals surface area contributed by atoms with E-state index in [9.17, 15) is 0 Å². The van der Waals surface area contributed by atoms with Gasteiger partial charge < -0.3 is 25.0 Å². The highest BCUT2D eigenvalue weighted by molar-refractivity contribution is 5.79. The third-order valence-electron chi connectivity index (χ3n) is 3.91. The summed E-state index contributed by atoms with van der Waals surface area (Å²) in [5.74, 6) is 0.935. The molecule has 136 valence electrons. The predicted octanol–water partition coefficient (Wildman–Crippen LogP) is 1.47. The first-order chi connectivity index (χ1) is 11.4. The average Bonchev–Trinajstić information content (AvgIpc) is 2.58. The van der Waals surface area contributed by atoms with Crippen molar-refractivity contribution < 1.29 is 9.47 Å². The van der Waals surface area contributed by atoms with Crippen molar-refractivity contribution in [2.45, 2.75) is 39.0 Å². The van der Waals surface area contributed by atoms with Gasteiger partial charge in [0.2, 0.25) is 0 Å². The lowest BCUT2D eigenvalue weighted by molar-refractivity contribution is 0.0690. The number of guanidine groups is 1. The zero-order valence-electron chi connectivity index (χ0n) is 15.1. The van der Waals surface area contributed by atoms with E-state index in [1.54, 1.807) is 7.11 Å². The van der Waals surface area contributed by atoms with Crippen LogP contribution in [0, 0.1) is 0 Å². The highest BCUT2D eigenvalue weighted by Gasteiger charge is 2.09. The fourth-order valence-electron chi connectivity index (χ4n) is 2.61. The van der Waals surface area contributed by atoms with Gasteiger partial charge in [-0.3, -0.25) is 4.99 Å². The highest BCUT2D eigenvalue weighted by atomic mass is 16.5. The maximum atomic E-state index is 5.45. The molecule has 6 nitrogen and oxygen atoms in total. The van der Waals surface area contributed by atoms with E-state index in [-0.39, 0.29) is 0 Å². The lowest BCUT2D eigenvalue weighted by atomic mass is 10.1. The minimum Gasteiger partial charge on any atom is -0.382 e. The Bertz CT molecular complexity index is 294. The van der Waals surface area contributed by atoms with Crippen molar-refractivity contribution in [3.8, 4) is 0 Å². The molecule has 6 heteroatoms. The Morgan fingerprint density at radius 1 is 1.04 bits per heavy atom. The summed E-state index contributed by atoms with van der Waals surface area (Å²) in [6.07, 6.45) is 6.18.